The molecule has 0 bridgehead atoms. The van der Waals surface area contributed by atoms with Crippen molar-refractivity contribution in [1.82, 2.24) is 15.2 Å². The van der Waals surface area contributed by atoms with Crippen LogP contribution in [0.5, 0.6) is 0 Å². The van der Waals surface area contributed by atoms with Gasteiger partial charge in [0.15, 0.2) is 5.76 Å². The molecular weight excluding hydrogens is 306 g/mol. The Morgan fingerprint density at radius 1 is 1.17 bits per heavy atom. The van der Waals surface area contributed by atoms with E-state index < -0.39 is 0 Å². The summed E-state index contributed by atoms with van der Waals surface area (Å²) < 4.78 is 10.5. The number of carbonyl (C=O) groups excluding carboxylic acids is 1. The molecule has 1 amide bonds. The number of carbonyl (C=O) groups is 1. The van der Waals surface area contributed by atoms with Gasteiger partial charge in [-0.25, -0.2) is 0 Å². The van der Waals surface area contributed by atoms with Crippen LogP contribution in [0.4, 0.5) is 0 Å². The van der Waals surface area contributed by atoms with Gasteiger partial charge in [0, 0.05) is 18.7 Å². The van der Waals surface area contributed by atoms with E-state index >= 15 is 0 Å². The lowest BCUT2D eigenvalue weighted by Gasteiger charge is -2.15. The van der Waals surface area contributed by atoms with Gasteiger partial charge in [0.05, 0.1) is 12.2 Å². The van der Waals surface area contributed by atoms with Gasteiger partial charge in [-0.1, -0.05) is 47.6 Å². The topological polar surface area (TPSA) is 72.4 Å². The van der Waals surface area contributed by atoms with Gasteiger partial charge in [0.25, 0.3) is 5.91 Å². The second-order valence-electron chi connectivity index (χ2n) is 5.63. The Balaban J connectivity index is 1.85. The van der Waals surface area contributed by atoms with E-state index in [1.54, 1.807) is 18.9 Å². The van der Waals surface area contributed by atoms with Crippen LogP contribution < -0.4 is 0 Å². The lowest BCUT2D eigenvalue weighted by Crippen LogP contribution is -2.26. The molecular formula is C18H19N3O3. The van der Waals surface area contributed by atoms with Crippen LogP contribution in [-0.2, 0) is 13.0 Å². The van der Waals surface area contributed by atoms with Crippen molar-refractivity contribution in [3.05, 3.63) is 59.2 Å². The molecule has 124 valence electrons. The Kier molecular flexibility index (Phi) is 4.46. The maximum Gasteiger partial charge on any atom is 0.259 e. The first-order valence-electron chi connectivity index (χ1n) is 7.81. The average Bonchev–Trinajstić information content (AvgIpc) is 3.21. The van der Waals surface area contributed by atoms with Crippen molar-refractivity contribution in [3.63, 3.8) is 0 Å². The standard InChI is InChI=1S/C18H19N3O3/c1-4-14-10-15(24-19-14)11-21(3)18(22)16-12(2)23-20-17(16)13-8-6-5-7-9-13/h5-10H,4,11H2,1-3H3. The zero-order valence-corrected chi connectivity index (χ0v) is 13.9. The van der Waals surface area contributed by atoms with Crippen molar-refractivity contribution < 1.29 is 13.8 Å². The molecule has 0 radical (unpaired) electrons. The number of benzene rings is 1. The Hall–Kier alpha value is -2.89. The van der Waals surface area contributed by atoms with E-state index in [1.807, 2.05) is 43.3 Å². The summed E-state index contributed by atoms with van der Waals surface area (Å²) in [5, 5.41) is 8.00. The van der Waals surface area contributed by atoms with E-state index in [2.05, 4.69) is 10.3 Å². The lowest BCUT2D eigenvalue weighted by molar-refractivity contribution is 0.0771. The number of aromatic nitrogens is 2. The van der Waals surface area contributed by atoms with Crippen molar-refractivity contribution in [1.29, 1.82) is 0 Å². The van der Waals surface area contributed by atoms with Crippen LogP contribution in [0.1, 0.15) is 34.5 Å². The number of nitrogens with zero attached hydrogens (tertiary/aromatic N) is 3. The molecule has 0 aliphatic rings. The maximum absolute atomic E-state index is 12.9. The first-order valence-corrected chi connectivity index (χ1v) is 7.81. The summed E-state index contributed by atoms with van der Waals surface area (Å²) in [5.74, 6) is 0.984. The molecule has 0 atom stereocenters. The molecule has 0 saturated heterocycles. The van der Waals surface area contributed by atoms with Crippen LogP contribution in [0.15, 0.2) is 45.4 Å². The molecule has 6 nitrogen and oxygen atoms in total. The van der Waals surface area contributed by atoms with Crippen molar-refractivity contribution >= 4 is 5.91 Å². The molecule has 3 rings (SSSR count). The van der Waals surface area contributed by atoms with Gasteiger partial charge in [0.2, 0.25) is 0 Å². The molecule has 6 heteroatoms. The predicted molar refractivity (Wildman–Crippen MR) is 88.4 cm³/mol. The minimum absolute atomic E-state index is 0.165. The minimum Gasteiger partial charge on any atom is -0.360 e. The lowest BCUT2D eigenvalue weighted by atomic mass is 10.1. The van der Waals surface area contributed by atoms with E-state index in [4.69, 9.17) is 9.05 Å². The minimum atomic E-state index is -0.165. The largest absolute Gasteiger partial charge is 0.360 e. The molecule has 0 spiro atoms. The molecule has 1 aromatic carbocycles. The van der Waals surface area contributed by atoms with Gasteiger partial charge in [-0.05, 0) is 13.3 Å². The van der Waals surface area contributed by atoms with Crippen molar-refractivity contribution in [2.45, 2.75) is 26.8 Å². The zero-order valence-electron chi connectivity index (χ0n) is 13.9. The Labute approximate surface area is 140 Å². The Morgan fingerprint density at radius 3 is 2.58 bits per heavy atom. The van der Waals surface area contributed by atoms with E-state index in [0.29, 0.717) is 29.3 Å². The third-order valence-corrected chi connectivity index (χ3v) is 3.83. The first kappa shape index (κ1) is 16.0. The SMILES string of the molecule is CCc1cc(CN(C)C(=O)c2c(-c3ccccc3)noc2C)on1. The summed E-state index contributed by atoms with van der Waals surface area (Å²) >= 11 is 0. The highest BCUT2D eigenvalue weighted by Gasteiger charge is 2.25. The quantitative estimate of drug-likeness (QED) is 0.718. The highest BCUT2D eigenvalue weighted by atomic mass is 16.5. The van der Waals surface area contributed by atoms with Gasteiger partial charge in [-0.3, -0.25) is 4.79 Å². The smallest absolute Gasteiger partial charge is 0.259 e. The third-order valence-electron chi connectivity index (χ3n) is 3.83. The summed E-state index contributed by atoms with van der Waals surface area (Å²) in [7, 11) is 1.72. The zero-order chi connectivity index (χ0) is 17.1. The first-order chi connectivity index (χ1) is 11.6. The van der Waals surface area contributed by atoms with E-state index in [-0.39, 0.29) is 5.91 Å². The van der Waals surface area contributed by atoms with Crippen LogP contribution in [-0.4, -0.2) is 28.2 Å². The van der Waals surface area contributed by atoms with Gasteiger partial charge < -0.3 is 13.9 Å². The van der Waals surface area contributed by atoms with Crippen molar-refractivity contribution in [2.75, 3.05) is 7.05 Å². The molecule has 0 aliphatic heterocycles. The molecule has 0 saturated carbocycles. The average molecular weight is 325 g/mol. The fraction of sp³-hybridized carbons (Fsp3) is 0.278. The molecule has 2 heterocycles. The second-order valence-corrected chi connectivity index (χ2v) is 5.63. The van der Waals surface area contributed by atoms with Crippen LogP contribution in [0, 0.1) is 6.92 Å². The van der Waals surface area contributed by atoms with E-state index in [0.717, 1.165) is 17.7 Å². The molecule has 0 fully saturated rings. The second kappa shape index (κ2) is 6.70. The number of amides is 1. The number of rotatable bonds is 5. The Bertz CT molecular complexity index is 836. The fourth-order valence-corrected chi connectivity index (χ4v) is 2.51. The number of hydrogen-bond donors (Lipinski definition) is 0. The van der Waals surface area contributed by atoms with Crippen LogP contribution in [0.2, 0.25) is 0 Å². The monoisotopic (exact) mass is 325 g/mol. The summed E-state index contributed by atoms with van der Waals surface area (Å²) in [4.78, 5) is 14.4. The summed E-state index contributed by atoms with van der Waals surface area (Å²) in [6.45, 7) is 4.08. The third kappa shape index (κ3) is 3.08. The molecule has 0 N–H and O–H groups in total. The summed E-state index contributed by atoms with van der Waals surface area (Å²) in [6, 6.07) is 11.4. The predicted octanol–water partition coefficient (Wildman–Crippen LogP) is 3.47. The van der Waals surface area contributed by atoms with E-state index in [9.17, 15) is 4.79 Å². The molecule has 24 heavy (non-hydrogen) atoms. The fourth-order valence-electron chi connectivity index (χ4n) is 2.51. The molecule has 0 unspecified atom stereocenters. The van der Waals surface area contributed by atoms with Gasteiger partial charge in [-0.2, -0.15) is 0 Å². The number of aryl methyl sites for hydroxylation is 2. The normalized spacial score (nSPS) is 10.8. The Morgan fingerprint density at radius 2 is 1.92 bits per heavy atom. The van der Waals surface area contributed by atoms with Gasteiger partial charge >= 0.3 is 0 Å². The molecule has 0 aliphatic carbocycles. The van der Waals surface area contributed by atoms with Gasteiger partial charge in [0.1, 0.15) is 17.0 Å². The van der Waals surface area contributed by atoms with Gasteiger partial charge in [-0.15, -0.1) is 0 Å². The van der Waals surface area contributed by atoms with Crippen molar-refractivity contribution in [3.8, 4) is 11.3 Å². The van der Waals surface area contributed by atoms with E-state index in [1.165, 1.54) is 0 Å². The molecule has 3 aromatic rings. The van der Waals surface area contributed by atoms with Crippen LogP contribution in [0.3, 0.4) is 0 Å². The van der Waals surface area contributed by atoms with Crippen LogP contribution in [0.25, 0.3) is 11.3 Å². The van der Waals surface area contributed by atoms with Crippen LogP contribution >= 0.6 is 0 Å². The molecule has 2 aromatic heterocycles. The summed E-state index contributed by atoms with van der Waals surface area (Å²) in [5.41, 5.74) is 2.74. The maximum atomic E-state index is 12.9. The number of hydrogen-bond acceptors (Lipinski definition) is 5. The highest BCUT2D eigenvalue weighted by Crippen LogP contribution is 2.26. The van der Waals surface area contributed by atoms with Crippen molar-refractivity contribution in [2.24, 2.45) is 0 Å². The summed E-state index contributed by atoms with van der Waals surface area (Å²) in [6.07, 6.45) is 0.796. The highest BCUT2D eigenvalue weighted by molar-refractivity contribution is 6.00.